The van der Waals surface area contributed by atoms with E-state index in [1.807, 2.05) is 0 Å². The van der Waals surface area contributed by atoms with Gasteiger partial charge in [-0.25, -0.2) is 13.2 Å². The normalized spacial score (nSPS) is 10.6. The van der Waals surface area contributed by atoms with Crippen LogP contribution in [0, 0.1) is 17.5 Å². The number of hydrogen-bond donors (Lipinski definition) is 2. The van der Waals surface area contributed by atoms with Gasteiger partial charge in [0.05, 0.1) is 10.0 Å². The number of nitrogen functional groups attached to an aromatic ring is 1. The van der Waals surface area contributed by atoms with Crippen molar-refractivity contribution in [1.82, 2.24) is 0 Å². The minimum absolute atomic E-state index is 0.0456. The molecule has 3 N–H and O–H groups in total. The lowest BCUT2D eigenvalue weighted by Gasteiger charge is -2.11. The van der Waals surface area contributed by atoms with Gasteiger partial charge in [0, 0.05) is 11.4 Å². The maximum Gasteiger partial charge on any atom is 0.160 e. The summed E-state index contributed by atoms with van der Waals surface area (Å²) in [6.07, 6.45) is 0. The van der Waals surface area contributed by atoms with Gasteiger partial charge in [0.15, 0.2) is 17.5 Å². The quantitative estimate of drug-likeness (QED) is 0.621. The summed E-state index contributed by atoms with van der Waals surface area (Å²) in [7, 11) is 0. The molecule has 100 valence electrons. The van der Waals surface area contributed by atoms with Crippen LogP contribution in [0.15, 0.2) is 24.3 Å². The van der Waals surface area contributed by atoms with E-state index in [-0.39, 0.29) is 21.4 Å². The summed E-state index contributed by atoms with van der Waals surface area (Å²) in [5, 5.41) is 1.92. The van der Waals surface area contributed by atoms with Gasteiger partial charge in [-0.05, 0) is 24.3 Å². The molecule has 0 unspecified atom stereocenters. The number of anilines is 3. The molecule has 0 fully saturated rings. The highest BCUT2D eigenvalue weighted by atomic mass is 35.5. The molecule has 2 nitrogen and oxygen atoms in total. The minimum atomic E-state index is -0.880. The topological polar surface area (TPSA) is 38.0 Å². The van der Waals surface area contributed by atoms with Gasteiger partial charge >= 0.3 is 0 Å². The molecule has 0 atom stereocenters. The Kier molecular flexibility index (Phi) is 3.78. The highest BCUT2D eigenvalue weighted by Crippen LogP contribution is 2.31. The number of hydrogen-bond acceptors (Lipinski definition) is 2. The summed E-state index contributed by atoms with van der Waals surface area (Å²) in [5.41, 5.74) is 4.97. The number of nitrogens with two attached hydrogens (primary N) is 1. The number of benzene rings is 2. The zero-order chi connectivity index (χ0) is 14.2. The molecule has 2 aromatic rings. The average molecular weight is 307 g/mol. The van der Waals surface area contributed by atoms with Crippen LogP contribution in [-0.2, 0) is 0 Å². The molecule has 0 saturated carbocycles. The van der Waals surface area contributed by atoms with Crippen molar-refractivity contribution in [2.75, 3.05) is 11.1 Å². The second-order valence-corrected chi connectivity index (χ2v) is 4.55. The summed E-state index contributed by atoms with van der Waals surface area (Å²) in [6.45, 7) is 0. The molecule has 7 heteroatoms. The first-order valence-electron chi connectivity index (χ1n) is 5.04. The van der Waals surface area contributed by atoms with Crippen LogP contribution >= 0.6 is 23.2 Å². The van der Waals surface area contributed by atoms with Crippen LogP contribution in [0.5, 0.6) is 0 Å². The molecule has 0 radical (unpaired) electrons. The lowest BCUT2D eigenvalue weighted by molar-refractivity contribution is 0.592. The van der Waals surface area contributed by atoms with Crippen LogP contribution in [0.4, 0.5) is 30.2 Å². The molecular weight excluding hydrogens is 300 g/mol. The molecule has 0 spiro atoms. The third-order valence-electron chi connectivity index (χ3n) is 2.32. The number of rotatable bonds is 2. The van der Waals surface area contributed by atoms with Gasteiger partial charge in [-0.1, -0.05) is 23.2 Å². The van der Waals surface area contributed by atoms with Gasteiger partial charge in [0.2, 0.25) is 0 Å². The third kappa shape index (κ3) is 2.88. The minimum Gasteiger partial charge on any atom is -0.399 e. The van der Waals surface area contributed by atoms with E-state index in [2.05, 4.69) is 5.32 Å². The van der Waals surface area contributed by atoms with Gasteiger partial charge in [-0.15, -0.1) is 0 Å². The number of nitrogens with one attached hydrogen (secondary N) is 1. The SMILES string of the molecule is Nc1cc(F)c(Nc2cc(Cl)c(F)c(Cl)c2)c(F)c1. The Morgan fingerprint density at radius 2 is 1.37 bits per heavy atom. The Bertz CT molecular complexity index is 601. The van der Waals surface area contributed by atoms with Crippen molar-refractivity contribution in [1.29, 1.82) is 0 Å². The maximum atomic E-state index is 13.6. The van der Waals surface area contributed by atoms with Crippen LogP contribution in [0.25, 0.3) is 0 Å². The van der Waals surface area contributed by atoms with Crippen molar-refractivity contribution >= 4 is 40.3 Å². The van der Waals surface area contributed by atoms with E-state index in [4.69, 9.17) is 28.9 Å². The van der Waals surface area contributed by atoms with Crippen LogP contribution in [0.2, 0.25) is 10.0 Å². The van der Waals surface area contributed by atoms with E-state index in [1.165, 1.54) is 0 Å². The smallest absolute Gasteiger partial charge is 0.160 e. The zero-order valence-corrected chi connectivity index (χ0v) is 10.8. The van der Waals surface area contributed by atoms with Gasteiger partial charge < -0.3 is 11.1 Å². The fourth-order valence-electron chi connectivity index (χ4n) is 1.48. The van der Waals surface area contributed by atoms with Gasteiger partial charge in [-0.3, -0.25) is 0 Å². The Labute approximate surface area is 116 Å². The summed E-state index contributed by atoms with van der Waals surface area (Å²) in [5.74, 6) is -2.56. The summed E-state index contributed by atoms with van der Waals surface area (Å²) in [6, 6.07) is 4.24. The monoisotopic (exact) mass is 306 g/mol. The summed E-state index contributed by atoms with van der Waals surface area (Å²) >= 11 is 11.2. The van der Waals surface area contributed by atoms with Crippen molar-refractivity contribution < 1.29 is 13.2 Å². The fraction of sp³-hybridized carbons (Fsp3) is 0. The number of halogens is 5. The Morgan fingerprint density at radius 1 is 0.895 bits per heavy atom. The van der Waals surface area contributed by atoms with Crippen molar-refractivity contribution in [3.63, 3.8) is 0 Å². The van der Waals surface area contributed by atoms with Gasteiger partial charge in [-0.2, -0.15) is 0 Å². The predicted octanol–water partition coefficient (Wildman–Crippen LogP) is 4.74. The molecule has 0 bridgehead atoms. The highest BCUT2D eigenvalue weighted by Gasteiger charge is 2.13. The molecule has 2 aromatic carbocycles. The zero-order valence-electron chi connectivity index (χ0n) is 9.28. The molecule has 0 aliphatic heterocycles. The molecule has 0 aromatic heterocycles. The molecule has 0 heterocycles. The summed E-state index contributed by atoms with van der Waals surface area (Å²) in [4.78, 5) is 0. The van der Waals surface area contributed by atoms with E-state index in [1.54, 1.807) is 0 Å². The second kappa shape index (κ2) is 5.19. The van der Waals surface area contributed by atoms with Gasteiger partial charge in [0.25, 0.3) is 0 Å². The van der Waals surface area contributed by atoms with Crippen LogP contribution < -0.4 is 11.1 Å². The van der Waals surface area contributed by atoms with E-state index in [0.29, 0.717) is 0 Å². The van der Waals surface area contributed by atoms with Gasteiger partial charge in [0.1, 0.15) is 5.69 Å². The van der Waals surface area contributed by atoms with Crippen LogP contribution in [0.3, 0.4) is 0 Å². The molecule has 0 aliphatic rings. The molecular formula is C12H7Cl2F3N2. The van der Waals surface area contributed by atoms with Crippen LogP contribution in [-0.4, -0.2) is 0 Å². The second-order valence-electron chi connectivity index (χ2n) is 3.74. The summed E-state index contributed by atoms with van der Waals surface area (Å²) < 4.78 is 40.3. The van der Waals surface area contributed by atoms with Crippen molar-refractivity contribution in [2.45, 2.75) is 0 Å². The van der Waals surface area contributed by atoms with Crippen molar-refractivity contribution in [3.05, 3.63) is 51.8 Å². The molecule has 0 amide bonds. The average Bonchev–Trinajstić information content (AvgIpc) is 2.30. The van der Waals surface area contributed by atoms with Crippen LogP contribution in [0.1, 0.15) is 0 Å². The van der Waals surface area contributed by atoms with E-state index in [0.717, 1.165) is 24.3 Å². The van der Waals surface area contributed by atoms with Crippen molar-refractivity contribution in [3.8, 4) is 0 Å². The lowest BCUT2D eigenvalue weighted by Crippen LogP contribution is -2.00. The first kappa shape index (κ1) is 13.8. The fourth-order valence-corrected chi connectivity index (χ4v) is 1.97. The predicted molar refractivity (Wildman–Crippen MR) is 70.5 cm³/mol. The van der Waals surface area contributed by atoms with E-state index >= 15 is 0 Å². The standard InChI is InChI=1S/C12H7Cl2F3N2/c13-7-3-6(4-8(14)11(7)17)19-12-9(15)1-5(18)2-10(12)16/h1-4,19H,18H2. The molecule has 19 heavy (non-hydrogen) atoms. The van der Waals surface area contributed by atoms with E-state index in [9.17, 15) is 13.2 Å². The first-order chi connectivity index (χ1) is 8.88. The van der Waals surface area contributed by atoms with E-state index < -0.39 is 23.1 Å². The Hall–Kier alpha value is -1.59. The first-order valence-corrected chi connectivity index (χ1v) is 5.80. The maximum absolute atomic E-state index is 13.6. The Balaban J connectivity index is 2.42. The third-order valence-corrected chi connectivity index (χ3v) is 2.87. The van der Waals surface area contributed by atoms with Crippen molar-refractivity contribution in [2.24, 2.45) is 0 Å². The highest BCUT2D eigenvalue weighted by molar-refractivity contribution is 6.35. The molecule has 0 saturated heterocycles. The largest absolute Gasteiger partial charge is 0.399 e. The molecule has 2 rings (SSSR count). The lowest BCUT2D eigenvalue weighted by atomic mass is 10.2. The Morgan fingerprint density at radius 3 is 1.84 bits per heavy atom. The molecule has 0 aliphatic carbocycles.